The summed E-state index contributed by atoms with van der Waals surface area (Å²) in [6.45, 7) is 3.74. The Kier molecular flexibility index (Phi) is 6.55. The van der Waals surface area contributed by atoms with E-state index < -0.39 is 0 Å². The monoisotopic (exact) mass is 301 g/mol. The molecule has 0 heterocycles. The Bertz CT molecular complexity index is 344. The van der Waals surface area contributed by atoms with Crippen LogP contribution in [0, 0.1) is 0 Å². The molecule has 0 aliphatic carbocycles. The van der Waals surface area contributed by atoms with E-state index in [1.165, 1.54) is 5.56 Å². The number of hydrogen-bond donors (Lipinski definition) is 1. The fourth-order valence-electron chi connectivity index (χ4n) is 1.60. The first-order chi connectivity index (χ1) is 8.21. The molecule has 96 valence electrons. The van der Waals surface area contributed by atoms with Crippen molar-refractivity contribution < 1.29 is 9.47 Å². The van der Waals surface area contributed by atoms with Crippen molar-refractivity contribution in [1.29, 1.82) is 0 Å². The van der Waals surface area contributed by atoms with Crippen LogP contribution in [-0.4, -0.2) is 26.9 Å². The van der Waals surface area contributed by atoms with Crippen molar-refractivity contribution >= 4 is 15.9 Å². The maximum Gasteiger partial charge on any atom is 0.133 e. The molecule has 0 fully saturated rings. The van der Waals surface area contributed by atoms with Crippen LogP contribution >= 0.6 is 15.9 Å². The number of methoxy groups -OCH3 is 2. The smallest absolute Gasteiger partial charge is 0.133 e. The molecule has 17 heavy (non-hydrogen) atoms. The average Bonchev–Trinajstić information content (AvgIpc) is 2.34. The molecule has 0 bridgehead atoms. The first-order valence-corrected chi connectivity index (χ1v) is 6.55. The summed E-state index contributed by atoms with van der Waals surface area (Å²) in [5.41, 5.74) is 1.23. The molecule has 0 amide bonds. The van der Waals surface area contributed by atoms with Crippen molar-refractivity contribution in [2.24, 2.45) is 0 Å². The van der Waals surface area contributed by atoms with Crippen LogP contribution in [0.5, 0.6) is 5.75 Å². The van der Waals surface area contributed by atoms with Gasteiger partial charge in [-0.3, -0.25) is 0 Å². The number of halogens is 1. The summed E-state index contributed by atoms with van der Waals surface area (Å²) >= 11 is 3.48. The second-order valence-corrected chi connectivity index (χ2v) is 4.76. The molecule has 1 aromatic rings. The zero-order valence-electron chi connectivity index (χ0n) is 10.6. The van der Waals surface area contributed by atoms with Crippen molar-refractivity contribution in [3.8, 4) is 5.75 Å². The van der Waals surface area contributed by atoms with Gasteiger partial charge in [-0.15, -0.1) is 0 Å². The van der Waals surface area contributed by atoms with Gasteiger partial charge in [-0.2, -0.15) is 0 Å². The highest BCUT2D eigenvalue weighted by Crippen LogP contribution is 2.25. The Hall–Kier alpha value is -0.580. The topological polar surface area (TPSA) is 30.5 Å². The third kappa shape index (κ3) is 4.66. The van der Waals surface area contributed by atoms with E-state index in [-0.39, 0.29) is 0 Å². The number of hydrogen-bond acceptors (Lipinski definition) is 3. The second kappa shape index (κ2) is 7.69. The Morgan fingerprint density at radius 2 is 2.12 bits per heavy atom. The highest BCUT2D eigenvalue weighted by molar-refractivity contribution is 9.10. The first-order valence-electron chi connectivity index (χ1n) is 5.76. The van der Waals surface area contributed by atoms with Crippen LogP contribution in [0.3, 0.4) is 0 Å². The number of rotatable bonds is 7. The van der Waals surface area contributed by atoms with Crippen molar-refractivity contribution in [1.82, 2.24) is 5.32 Å². The fraction of sp³-hybridized carbons (Fsp3) is 0.538. The van der Waals surface area contributed by atoms with Crippen LogP contribution in [0.2, 0.25) is 0 Å². The molecule has 0 radical (unpaired) electrons. The minimum atomic E-state index is 0.404. The first kappa shape index (κ1) is 14.5. The summed E-state index contributed by atoms with van der Waals surface area (Å²) in [6.07, 6.45) is 1.06. The molecule has 0 aliphatic rings. The fourth-order valence-corrected chi connectivity index (χ4v) is 2.19. The van der Waals surface area contributed by atoms with Gasteiger partial charge in [-0.1, -0.05) is 13.0 Å². The summed E-state index contributed by atoms with van der Waals surface area (Å²) in [4.78, 5) is 0. The van der Waals surface area contributed by atoms with Gasteiger partial charge >= 0.3 is 0 Å². The van der Waals surface area contributed by atoms with Crippen LogP contribution in [0.25, 0.3) is 0 Å². The molecule has 1 atom stereocenters. The van der Waals surface area contributed by atoms with Crippen molar-refractivity contribution in [2.45, 2.75) is 25.9 Å². The van der Waals surface area contributed by atoms with Crippen molar-refractivity contribution in [3.05, 3.63) is 28.2 Å². The SMILES string of the molecule is CCC(COC)NCc1ccc(OC)c(Br)c1. The minimum absolute atomic E-state index is 0.404. The van der Waals surface area contributed by atoms with E-state index in [1.54, 1.807) is 14.2 Å². The molecule has 4 heteroatoms. The van der Waals surface area contributed by atoms with Crippen LogP contribution < -0.4 is 10.1 Å². The molecule has 1 unspecified atom stereocenters. The number of ether oxygens (including phenoxy) is 2. The van der Waals surface area contributed by atoms with Gasteiger partial charge in [0, 0.05) is 19.7 Å². The predicted molar refractivity (Wildman–Crippen MR) is 73.5 cm³/mol. The largest absolute Gasteiger partial charge is 0.496 e. The standard InChI is InChI=1S/C13H20BrNO2/c1-4-11(9-16-2)15-8-10-5-6-13(17-3)12(14)7-10/h5-7,11,15H,4,8-9H2,1-3H3. The maximum atomic E-state index is 5.20. The van der Waals surface area contributed by atoms with Crippen LogP contribution in [-0.2, 0) is 11.3 Å². The lowest BCUT2D eigenvalue weighted by molar-refractivity contribution is 0.164. The van der Waals surface area contributed by atoms with E-state index in [4.69, 9.17) is 9.47 Å². The number of nitrogens with one attached hydrogen (secondary N) is 1. The zero-order valence-corrected chi connectivity index (χ0v) is 12.2. The van der Waals surface area contributed by atoms with Crippen LogP contribution in [0.1, 0.15) is 18.9 Å². The van der Waals surface area contributed by atoms with E-state index in [2.05, 4.69) is 40.3 Å². The van der Waals surface area contributed by atoms with Gasteiger partial charge in [0.25, 0.3) is 0 Å². The molecule has 0 aromatic heterocycles. The van der Waals surface area contributed by atoms with Gasteiger partial charge in [0.15, 0.2) is 0 Å². The van der Waals surface area contributed by atoms with E-state index in [1.807, 2.05) is 6.07 Å². The van der Waals surface area contributed by atoms with E-state index in [0.717, 1.165) is 29.8 Å². The average molecular weight is 302 g/mol. The Morgan fingerprint density at radius 1 is 1.35 bits per heavy atom. The lowest BCUT2D eigenvalue weighted by Crippen LogP contribution is -2.31. The van der Waals surface area contributed by atoms with E-state index >= 15 is 0 Å². The Morgan fingerprint density at radius 3 is 2.65 bits per heavy atom. The van der Waals surface area contributed by atoms with Gasteiger partial charge in [0.1, 0.15) is 5.75 Å². The summed E-state index contributed by atoms with van der Waals surface area (Å²) in [6, 6.07) is 6.51. The molecule has 1 rings (SSSR count). The summed E-state index contributed by atoms with van der Waals surface area (Å²) < 4.78 is 11.3. The normalized spacial score (nSPS) is 12.5. The predicted octanol–water partition coefficient (Wildman–Crippen LogP) is 2.97. The summed E-state index contributed by atoms with van der Waals surface area (Å²) in [5, 5.41) is 3.46. The molecule has 1 aromatic carbocycles. The minimum Gasteiger partial charge on any atom is -0.496 e. The Balaban J connectivity index is 2.54. The number of benzene rings is 1. The molecule has 0 aliphatic heterocycles. The highest BCUT2D eigenvalue weighted by atomic mass is 79.9. The second-order valence-electron chi connectivity index (χ2n) is 3.91. The van der Waals surface area contributed by atoms with Gasteiger partial charge in [0.2, 0.25) is 0 Å². The lowest BCUT2D eigenvalue weighted by atomic mass is 10.2. The van der Waals surface area contributed by atoms with Crippen molar-refractivity contribution in [2.75, 3.05) is 20.8 Å². The summed E-state index contributed by atoms with van der Waals surface area (Å²) in [7, 11) is 3.40. The third-order valence-corrected chi connectivity index (χ3v) is 3.29. The molecule has 0 spiro atoms. The van der Waals surface area contributed by atoms with E-state index in [0.29, 0.717) is 6.04 Å². The quantitative estimate of drug-likeness (QED) is 0.840. The highest BCUT2D eigenvalue weighted by Gasteiger charge is 2.06. The molecule has 3 nitrogen and oxygen atoms in total. The van der Waals surface area contributed by atoms with Crippen molar-refractivity contribution in [3.63, 3.8) is 0 Å². The maximum absolute atomic E-state index is 5.20. The zero-order chi connectivity index (χ0) is 12.7. The molecule has 0 saturated carbocycles. The Labute approximate surface area is 112 Å². The van der Waals surface area contributed by atoms with Crippen LogP contribution in [0.4, 0.5) is 0 Å². The van der Waals surface area contributed by atoms with Crippen LogP contribution in [0.15, 0.2) is 22.7 Å². The van der Waals surface area contributed by atoms with Gasteiger partial charge in [-0.25, -0.2) is 0 Å². The lowest BCUT2D eigenvalue weighted by Gasteiger charge is -2.16. The van der Waals surface area contributed by atoms with Gasteiger partial charge in [-0.05, 0) is 40.0 Å². The molecule has 1 N–H and O–H groups in total. The molecule has 0 saturated heterocycles. The van der Waals surface area contributed by atoms with Gasteiger partial charge in [0.05, 0.1) is 18.2 Å². The summed E-state index contributed by atoms with van der Waals surface area (Å²) in [5.74, 6) is 0.859. The molecular formula is C13H20BrNO2. The third-order valence-electron chi connectivity index (χ3n) is 2.67. The van der Waals surface area contributed by atoms with Gasteiger partial charge < -0.3 is 14.8 Å². The molecular weight excluding hydrogens is 282 g/mol. The van der Waals surface area contributed by atoms with E-state index in [9.17, 15) is 0 Å².